The van der Waals surface area contributed by atoms with E-state index in [2.05, 4.69) is 11.6 Å². The lowest BCUT2D eigenvalue weighted by atomic mass is 10.0. The number of rotatable bonds is 4. The third-order valence-electron chi connectivity index (χ3n) is 3.05. The predicted molar refractivity (Wildman–Crippen MR) is 79.0 cm³/mol. The molecule has 20 heavy (non-hydrogen) atoms. The van der Waals surface area contributed by atoms with Gasteiger partial charge in [0, 0.05) is 16.5 Å². The summed E-state index contributed by atoms with van der Waals surface area (Å²) in [6, 6.07) is 3.11. The van der Waals surface area contributed by atoms with Crippen molar-refractivity contribution in [3.05, 3.63) is 45.6 Å². The van der Waals surface area contributed by atoms with Gasteiger partial charge in [-0.1, -0.05) is 36.7 Å². The molecule has 104 valence electrons. The van der Waals surface area contributed by atoms with E-state index in [1.165, 1.54) is 6.07 Å². The first kappa shape index (κ1) is 14.6. The molecule has 1 aromatic heterocycles. The summed E-state index contributed by atoms with van der Waals surface area (Å²) in [7, 11) is 0. The van der Waals surface area contributed by atoms with E-state index in [9.17, 15) is 9.59 Å². The SMILES string of the molecule is C=C(CC)C(=O)c1ccc2[nH]c(C(=O)O)c(Cl)c2c1Cl. The molecule has 2 aromatic rings. The van der Waals surface area contributed by atoms with Crippen molar-refractivity contribution < 1.29 is 14.7 Å². The molecule has 0 atom stereocenters. The van der Waals surface area contributed by atoms with Crippen LogP contribution in [-0.4, -0.2) is 21.8 Å². The number of aromatic carboxylic acids is 1. The lowest BCUT2D eigenvalue weighted by Crippen LogP contribution is -2.02. The minimum absolute atomic E-state index is 0.00531. The number of Topliss-reactive ketones (excluding diaryl/α,β-unsaturated/α-hetero) is 1. The van der Waals surface area contributed by atoms with Crippen LogP contribution < -0.4 is 0 Å². The van der Waals surface area contributed by atoms with E-state index in [0.29, 0.717) is 22.9 Å². The number of carboxylic acids is 1. The maximum absolute atomic E-state index is 12.1. The molecule has 0 saturated carbocycles. The summed E-state index contributed by atoms with van der Waals surface area (Å²) < 4.78 is 0. The lowest BCUT2D eigenvalue weighted by molar-refractivity contribution is 0.0691. The average molecular weight is 312 g/mol. The highest BCUT2D eigenvalue weighted by Gasteiger charge is 2.21. The zero-order valence-electron chi connectivity index (χ0n) is 10.6. The number of halogens is 2. The third-order valence-corrected chi connectivity index (χ3v) is 3.82. The third kappa shape index (κ3) is 2.21. The number of fused-ring (bicyclic) bond motifs is 1. The van der Waals surface area contributed by atoms with Gasteiger partial charge in [-0.05, 0) is 24.1 Å². The van der Waals surface area contributed by atoms with Crippen molar-refractivity contribution in [3.63, 3.8) is 0 Å². The van der Waals surface area contributed by atoms with Crippen molar-refractivity contribution in [3.8, 4) is 0 Å². The molecule has 0 radical (unpaired) electrons. The minimum Gasteiger partial charge on any atom is -0.477 e. The fraction of sp³-hybridized carbons (Fsp3) is 0.143. The molecule has 1 aromatic carbocycles. The van der Waals surface area contributed by atoms with E-state index in [-0.39, 0.29) is 27.1 Å². The van der Waals surface area contributed by atoms with Gasteiger partial charge in [0.15, 0.2) is 5.78 Å². The van der Waals surface area contributed by atoms with Crippen LogP contribution in [0.3, 0.4) is 0 Å². The van der Waals surface area contributed by atoms with Crippen molar-refractivity contribution in [2.75, 3.05) is 0 Å². The summed E-state index contributed by atoms with van der Waals surface area (Å²) in [6.45, 7) is 5.50. The number of allylic oxidation sites excluding steroid dienone is 1. The summed E-state index contributed by atoms with van der Waals surface area (Å²) in [4.78, 5) is 25.8. The average Bonchev–Trinajstić information content (AvgIpc) is 2.75. The van der Waals surface area contributed by atoms with Gasteiger partial charge in [-0.25, -0.2) is 4.79 Å². The van der Waals surface area contributed by atoms with Gasteiger partial charge in [0.2, 0.25) is 0 Å². The van der Waals surface area contributed by atoms with Crippen LogP contribution >= 0.6 is 23.2 Å². The van der Waals surface area contributed by atoms with Crippen LogP contribution in [0.15, 0.2) is 24.3 Å². The largest absolute Gasteiger partial charge is 0.477 e. The van der Waals surface area contributed by atoms with Gasteiger partial charge < -0.3 is 10.1 Å². The second-order valence-electron chi connectivity index (χ2n) is 4.26. The van der Waals surface area contributed by atoms with Crippen LogP contribution in [-0.2, 0) is 0 Å². The van der Waals surface area contributed by atoms with Crippen LogP contribution in [0, 0.1) is 0 Å². The minimum atomic E-state index is -1.19. The van der Waals surface area contributed by atoms with Crippen LogP contribution in [0.25, 0.3) is 10.9 Å². The Kier molecular flexibility index (Phi) is 3.88. The molecule has 0 saturated heterocycles. The van der Waals surface area contributed by atoms with E-state index in [1.54, 1.807) is 6.07 Å². The molecule has 0 aliphatic rings. The van der Waals surface area contributed by atoms with Crippen LogP contribution in [0.1, 0.15) is 34.2 Å². The number of hydrogen-bond acceptors (Lipinski definition) is 2. The fourth-order valence-electron chi connectivity index (χ4n) is 1.88. The molecule has 2 rings (SSSR count). The van der Waals surface area contributed by atoms with Gasteiger partial charge in [0.05, 0.1) is 10.0 Å². The number of aromatic nitrogens is 1. The summed E-state index contributed by atoms with van der Waals surface area (Å²) in [5, 5.41) is 9.49. The first-order valence-electron chi connectivity index (χ1n) is 5.83. The molecule has 6 heteroatoms. The molecule has 0 bridgehead atoms. The zero-order valence-corrected chi connectivity index (χ0v) is 12.1. The fourth-order valence-corrected chi connectivity index (χ4v) is 2.60. The first-order valence-corrected chi connectivity index (χ1v) is 6.59. The molecule has 1 heterocycles. The topological polar surface area (TPSA) is 70.2 Å². The van der Waals surface area contributed by atoms with E-state index >= 15 is 0 Å². The quantitative estimate of drug-likeness (QED) is 0.652. The molecular formula is C14H11Cl2NO3. The van der Waals surface area contributed by atoms with E-state index in [1.807, 2.05) is 6.92 Å². The van der Waals surface area contributed by atoms with E-state index in [4.69, 9.17) is 28.3 Å². The number of aromatic amines is 1. The van der Waals surface area contributed by atoms with Crippen molar-refractivity contribution in [1.82, 2.24) is 4.98 Å². The highest BCUT2D eigenvalue weighted by molar-refractivity contribution is 6.45. The molecule has 0 unspecified atom stereocenters. The van der Waals surface area contributed by atoms with Gasteiger partial charge in [-0.2, -0.15) is 0 Å². The monoisotopic (exact) mass is 311 g/mol. The molecule has 2 N–H and O–H groups in total. The van der Waals surface area contributed by atoms with Gasteiger partial charge >= 0.3 is 5.97 Å². The van der Waals surface area contributed by atoms with Gasteiger partial charge in [0.25, 0.3) is 0 Å². The number of carbonyl (C=O) groups excluding carboxylic acids is 1. The molecule has 0 fully saturated rings. The maximum atomic E-state index is 12.1. The maximum Gasteiger partial charge on any atom is 0.353 e. The number of H-pyrrole nitrogens is 1. The van der Waals surface area contributed by atoms with Gasteiger partial charge in [0.1, 0.15) is 5.69 Å². The highest BCUT2D eigenvalue weighted by atomic mass is 35.5. The second kappa shape index (κ2) is 5.31. The summed E-state index contributed by atoms with van der Waals surface area (Å²) >= 11 is 12.2. The van der Waals surface area contributed by atoms with Crippen LogP contribution in [0.5, 0.6) is 0 Å². The van der Waals surface area contributed by atoms with Crippen molar-refractivity contribution in [1.29, 1.82) is 0 Å². The Labute approximate surface area is 125 Å². The molecule has 0 amide bonds. The molecular weight excluding hydrogens is 301 g/mol. The molecule has 4 nitrogen and oxygen atoms in total. The summed E-state index contributed by atoms with van der Waals surface area (Å²) in [5.41, 5.74) is 1.01. The van der Waals surface area contributed by atoms with E-state index < -0.39 is 5.97 Å². The number of ketones is 1. The molecule has 0 aliphatic carbocycles. The Balaban J connectivity index is 2.71. The Hall–Kier alpha value is -1.78. The number of nitrogens with one attached hydrogen (secondary N) is 1. The summed E-state index contributed by atoms with van der Waals surface area (Å²) in [6.07, 6.45) is 0.508. The Bertz CT molecular complexity index is 746. The molecule has 0 spiro atoms. The molecule has 0 aliphatic heterocycles. The van der Waals surface area contributed by atoms with Crippen LogP contribution in [0.2, 0.25) is 10.0 Å². The second-order valence-corrected chi connectivity index (χ2v) is 5.01. The number of carboxylic acid groups (broad SMARTS) is 1. The van der Waals surface area contributed by atoms with Crippen molar-refractivity contribution in [2.45, 2.75) is 13.3 Å². The predicted octanol–water partition coefficient (Wildman–Crippen LogP) is 4.32. The Morgan fingerprint density at radius 1 is 1.30 bits per heavy atom. The van der Waals surface area contributed by atoms with E-state index in [0.717, 1.165) is 0 Å². The number of hydrogen-bond donors (Lipinski definition) is 2. The Morgan fingerprint density at radius 2 is 1.95 bits per heavy atom. The number of benzene rings is 1. The van der Waals surface area contributed by atoms with Crippen LogP contribution in [0.4, 0.5) is 0 Å². The standard InChI is InChI=1S/C14H11Cl2NO3/c1-3-6(2)13(18)7-4-5-8-9(10(7)15)11(16)12(17-8)14(19)20/h4-5,17H,2-3H2,1H3,(H,19,20). The Morgan fingerprint density at radius 3 is 2.50 bits per heavy atom. The lowest BCUT2D eigenvalue weighted by Gasteiger charge is -2.06. The van der Waals surface area contributed by atoms with Gasteiger partial charge in [-0.3, -0.25) is 4.79 Å². The normalized spacial score (nSPS) is 10.8. The van der Waals surface area contributed by atoms with Crippen molar-refractivity contribution >= 4 is 45.9 Å². The summed E-state index contributed by atoms with van der Waals surface area (Å²) in [5.74, 6) is -1.46. The zero-order chi connectivity index (χ0) is 15.0. The van der Waals surface area contributed by atoms with Gasteiger partial charge in [-0.15, -0.1) is 0 Å². The highest BCUT2D eigenvalue weighted by Crippen LogP contribution is 2.36. The first-order chi connectivity index (χ1) is 9.38. The number of carbonyl (C=O) groups is 2. The smallest absolute Gasteiger partial charge is 0.353 e. The van der Waals surface area contributed by atoms with Crippen molar-refractivity contribution in [2.24, 2.45) is 0 Å².